The Hall–Kier alpha value is -0.930. The first-order valence-corrected chi connectivity index (χ1v) is 5.85. The summed E-state index contributed by atoms with van der Waals surface area (Å²) in [4.78, 5) is 2.22. The molecular weight excluding hydrogens is 205 g/mol. The number of hydrogen-bond donors (Lipinski definition) is 1. The topological polar surface area (TPSA) is 23.5 Å². The first-order chi connectivity index (χ1) is 7.68. The third-order valence-corrected chi connectivity index (χ3v) is 3.36. The Labute approximate surface area is 95.7 Å². The summed E-state index contributed by atoms with van der Waals surface area (Å²) in [6, 6.07) is 6.95. The number of aliphatic hydroxyl groups is 1. The second kappa shape index (κ2) is 4.93. The lowest BCUT2D eigenvalue weighted by Crippen LogP contribution is -2.31. The number of hydrogen-bond acceptors (Lipinski definition) is 2. The van der Waals surface area contributed by atoms with Gasteiger partial charge in [-0.05, 0) is 32.4 Å². The monoisotopic (exact) mass is 223 g/mol. The summed E-state index contributed by atoms with van der Waals surface area (Å²) in [5, 5.41) is 10.00. The average Bonchev–Trinajstić information content (AvgIpc) is 2.65. The fourth-order valence-corrected chi connectivity index (χ4v) is 2.33. The van der Waals surface area contributed by atoms with E-state index in [1.165, 1.54) is 18.9 Å². The number of aliphatic hydroxyl groups excluding tert-OH is 1. The highest BCUT2D eigenvalue weighted by atomic mass is 19.1. The van der Waals surface area contributed by atoms with E-state index < -0.39 is 6.10 Å². The Bertz CT molecular complexity index is 356. The number of nitrogens with zero attached hydrogens (tertiary/aromatic N) is 1. The molecule has 2 atom stereocenters. The summed E-state index contributed by atoms with van der Waals surface area (Å²) in [5.74, 6) is -0.318. The summed E-state index contributed by atoms with van der Waals surface area (Å²) in [6.45, 7) is 3.69. The van der Waals surface area contributed by atoms with Gasteiger partial charge in [-0.1, -0.05) is 18.2 Å². The molecule has 1 N–H and O–H groups in total. The minimum Gasteiger partial charge on any atom is -0.387 e. The zero-order valence-electron chi connectivity index (χ0n) is 9.56. The molecule has 0 spiro atoms. The van der Waals surface area contributed by atoms with Crippen LogP contribution in [0.1, 0.15) is 31.4 Å². The second-order valence-corrected chi connectivity index (χ2v) is 4.52. The van der Waals surface area contributed by atoms with Gasteiger partial charge in [0, 0.05) is 18.2 Å². The van der Waals surface area contributed by atoms with Crippen LogP contribution in [0, 0.1) is 5.82 Å². The minimum atomic E-state index is -0.721. The average molecular weight is 223 g/mol. The van der Waals surface area contributed by atoms with Gasteiger partial charge < -0.3 is 5.11 Å². The number of benzene rings is 1. The summed E-state index contributed by atoms with van der Waals surface area (Å²) in [7, 11) is 0. The van der Waals surface area contributed by atoms with Crippen molar-refractivity contribution in [3.05, 3.63) is 35.6 Å². The number of rotatable bonds is 3. The normalized spacial score (nSPS) is 23.6. The third kappa shape index (κ3) is 2.42. The molecule has 88 valence electrons. The molecule has 0 saturated carbocycles. The quantitative estimate of drug-likeness (QED) is 0.850. The van der Waals surface area contributed by atoms with Crippen LogP contribution in [0.4, 0.5) is 4.39 Å². The molecule has 1 aliphatic rings. The van der Waals surface area contributed by atoms with Crippen molar-refractivity contribution in [2.75, 3.05) is 13.1 Å². The molecule has 1 heterocycles. The van der Waals surface area contributed by atoms with Gasteiger partial charge in [0.15, 0.2) is 0 Å². The highest BCUT2D eigenvalue weighted by molar-refractivity contribution is 5.20. The summed E-state index contributed by atoms with van der Waals surface area (Å²) in [5.41, 5.74) is 0.404. The molecule has 0 amide bonds. The van der Waals surface area contributed by atoms with Crippen LogP contribution in [0.3, 0.4) is 0 Å². The van der Waals surface area contributed by atoms with E-state index in [4.69, 9.17) is 0 Å². The molecule has 2 rings (SSSR count). The van der Waals surface area contributed by atoms with Crippen LogP contribution in [0.5, 0.6) is 0 Å². The second-order valence-electron chi connectivity index (χ2n) is 4.52. The van der Waals surface area contributed by atoms with Crippen LogP contribution in [-0.4, -0.2) is 29.1 Å². The molecule has 1 aromatic carbocycles. The van der Waals surface area contributed by atoms with E-state index in [1.807, 2.05) is 0 Å². The van der Waals surface area contributed by atoms with Gasteiger partial charge >= 0.3 is 0 Å². The molecule has 0 bridgehead atoms. The lowest BCUT2D eigenvalue weighted by atomic mass is 10.1. The Morgan fingerprint density at radius 3 is 2.88 bits per heavy atom. The maximum absolute atomic E-state index is 13.4. The minimum absolute atomic E-state index is 0.318. The summed E-state index contributed by atoms with van der Waals surface area (Å²) >= 11 is 0. The molecular formula is C13H18FNO. The van der Waals surface area contributed by atoms with Crippen LogP contribution in [0.15, 0.2) is 24.3 Å². The summed E-state index contributed by atoms with van der Waals surface area (Å²) < 4.78 is 13.4. The molecule has 1 fully saturated rings. The van der Waals surface area contributed by atoms with Gasteiger partial charge in [0.25, 0.3) is 0 Å². The van der Waals surface area contributed by atoms with Crippen molar-refractivity contribution in [2.24, 2.45) is 0 Å². The molecule has 1 saturated heterocycles. The lowest BCUT2D eigenvalue weighted by Gasteiger charge is -2.24. The van der Waals surface area contributed by atoms with E-state index in [1.54, 1.807) is 18.2 Å². The van der Waals surface area contributed by atoms with E-state index in [0.29, 0.717) is 18.2 Å². The van der Waals surface area contributed by atoms with Crippen molar-refractivity contribution in [1.82, 2.24) is 4.90 Å². The fourth-order valence-electron chi connectivity index (χ4n) is 2.33. The highest BCUT2D eigenvalue weighted by Gasteiger charge is 2.24. The molecule has 1 aliphatic heterocycles. The Kier molecular flexibility index (Phi) is 3.56. The first kappa shape index (κ1) is 11.6. The molecule has 16 heavy (non-hydrogen) atoms. The molecule has 3 heteroatoms. The van der Waals surface area contributed by atoms with Crippen LogP contribution in [-0.2, 0) is 0 Å². The maximum atomic E-state index is 13.4. The van der Waals surface area contributed by atoms with Gasteiger partial charge in [-0.2, -0.15) is 0 Å². The van der Waals surface area contributed by atoms with Crippen LogP contribution >= 0.6 is 0 Å². The van der Waals surface area contributed by atoms with Gasteiger partial charge in [0.1, 0.15) is 5.82 Å². The van der Waals surface area contributed by atoms with Crippen LogP contribution < -0.4 is 0 Å². The maximum Gasteiger partial charge on any atom is 0.129 e. The zero-order chi connectivity index (χ0) is 11.5. The molecule has 2 unspecified atom stereocenters. The predicted molar refractivity (Wildman–Crippen MR) is 61.6 cm³/mol. The molecule has 0 aliphatic carbocycles. The standard InChI is InChI=1S/C13H18FNO/c1-10-5-4-8-15(10)9-13(16)11-6-2-3-7-12(11)14/h2-3,6-7,10,13,16H,4-5,8-9H2,1H3. The highest BCUT2D eigenvalue weighted by Crippen LogP contribution is 2.22. The van der Waals surface area contributed by atoms with E-state index in [9.17, 15) is 9.50 Å². The Morgan fingerprint density at radius 2 is 2.25 bits per heavy atom. The first-order valence-electron chi connectivity index (χ1n) is 5.85. The van der Waals surface area contributed by atoms with Crippen molar-refractivity contribution in [3.63, 3.8) is 0 Å². The molecule has 1 aromatic rings. The number of halogens is 1. The van der Waals surface area contributed by atoms with Crippen LogP contribution in [0.2, 0.25) is 0 Å². The van der Waals surface area contributed by atoms with Gasteiger partial charge in [-0.3, -0.25) is 4.90 Å². The largest absolute Gasteiger partial charge is 0.387 e. The van der Waals surface area contributed by atoms with Crippen LogP contribution in [0.25, 0.3) is 0 Å². The van der Waals surface area contributed by atoms with Crippen molar-refractivity contribution in [1.29, 1.82) is 0 Å². The predicted octanol–water partition coefficient (Wildman–Crippen LogP) is 2.34. The van der Waals surface area contributed by atoms with E-state index in [-0.39, 0.29) is 5.82 Å². The van der Waals surface area contributed by atoms with Crippen molar-refractivity contribution >= 4 is 0 Å². The van der Waals surface area contributed by atoms with Crippen molar-refractivity contribution < 1.29 is 9.50 Å². The zero-order valence-corrected chi connectivity index (χ0v) is 9.56. The Balaban J connectivity index is 2.03. The fraction of sp³-hybridized carbons (Fsp3) is 0.538. The molecule has 2 nitrogen and oxygen atoms in total. The smallest absolute Gasteiger partial charge is 0.129 e. The van der Waals surface area contributed by atoms with Crippen molar-refractivity contribution in [3.8, 4) is 0 Å². The van der Waals surface area contributed by atoms with E-state index in [2.05, 4.69) is 11.8 Å². The third-order valence-electron chi connectivity index (χ3n) is 3.36. The number of β-amino-alcohol motifs (C(OH)–C–C–N with tert-alkyl or cyclic N) is 1. The van der Waals surface area contributed by atoms with Gasteiger partial charge in [0.05, 0.1) is 6.10 Å². The van der Waals surface area contributed by atoms with Gasteiger partial charge in [0.2, 0.25) is 0 Å². The summed E-state index contributed by atoms with van der Waals surface area (Å²) in [6.07, 6.45) is 1.62. The van der Waals surface area contributed by atoms with E-state index in [0.717, 1.165) is 6.54 Å². The van der Waals surface area contributed by atoms with Gasteiger partial charge in [-0.25, -0.2) is 4.39 Å². The van der Waals surface area contributed by atoms with E-state index >= 15 is 0 Å². The molecule has 0 aromatic heterocycles. The number of likely N-dealkylation sites (tertiary alicyclic amines) is 1. The lowest BCUT2D eigenvalue weighted by molar-refractivity contribution is 0.107. The molecule has 0 radical (unpaired) electrons. The Morgan fingerprint density at radius 1 is 1.50 bits per heavy atom. The SMILES string of the molecule is CC1CCCN1CC(O)c1ccccc1F. The van der Waals surface area contributed by atoms with Crippen molar-refractivity contribution in [2.45, 2.75) is 31.9 Å². The van der Waals surface area contributed by atoms with Gasteiger partial charge in [-0.15, -0.1) is 0 Å².